The topological polar surface area (TPSA) is 77.4 Å². The Morgan fingerprint density at radius 2 is 2.00 bits per heavy atom. The van der Waals surface area contributed by atoms with Crippen molar-refractivity contribution in [1.29, 1.82) is 0 Å². The number of rotatable bonds is 15. The summed E-state index contributed by atoms with van der Waals surface area (Å²) in [6, 6.07) is 6.07. The molecule has 0 fully saturated rings. The van der Waals surface area contributed by atoms with Crippen molar-refractivity contribution < 1.29 is 23.4 Å². The molecule has 0 aliphatic rings. The van der Waals surface area contributed by atoms with Gasteiger partial charge >= 0.3 is 6.61 Å². The van der Waals surface area contributed by atoms with Crippen LogP contribution in [-0.4, -0.2) is 73.9 Å². The van der Waals surface area contributed by atoms with Crippen LogP contribution in [-0.2, 0) is 4.79 Å². The number of aliphatic hydroxyl groups excluding tert-OH is 1. The number of alkyl halides is 3. The number of anilines is 1. The Hall–Kier alpha value is -3.17. The SMILES string of the molecule is C=C(/N=C/Nc1ccc(OC(F)F)cc1)N(C)CCCO.C=C/C=C(\C=C/CCl)CN(C)C=O. The van der Waals surface area contributed by atoms with E-state index in [0.29, 0.717) is 36.9 Å². The average molecular weight is 499 g/mol. The molecule has 0 saturated heterocycles. The first-order chi connectivity index (χ1) is 16.3. The number of halogens is 3. The molecule has 0 spiro atoms. The molecule has 0 bridgehead atoms. The number of nitrogens with one attached hydrogen (secondary N) is 1. The number of hydrogen-bond acceptors (Lipinski definition) is 5. The van der Waals surface area contributed by atoms with E-state index < -0.39 is 6.61 Å². The molecule has 34 heavy (non-hydrogen) atoms. The monoisotopic (exact) mass is 498 g/mol. The van der Waals surface area contributed by atoms with Crippen molar-refractivity contribution in [2.45, 2.75) is 13.0 Å². The molecule has 0 atom stereocenters. The van der Waals surface area contributed by atoms with Gasteiger partial charge in [-0.05, 0) is 36.3 Å². The molecular weight excluding hydrogens is 466 g/mol. The summed E-state index contributed by atoms with van der Waals surface area (Å²) in [6.07, 6.45) is 10.1. The number of carbonyl (C=O) groups is 1. The van der Waals surface area contributed by atoms with E-state index in [1.54, 1.807) is 30.2 Å². The van der Waals surface area contributed by atoms with Gasteiger partial charge in [0.25, 0.3) is 0 Å². The van der Waals surface area contributed by atoms with Crippen LogP contribution in [0.1, 0.15) is 6.42 Å². The first-order valence-electron chi connectivity index (χ1n) is 10.3. The maximum Gasteiger partial charge on any atom is 0.387 e. The van der Waals surface area contributed by atoms with E-state index in [1.807, 2.05) is 30.2 Å². The van der Waals surface area contributed by atoms with Crippen LogP contribution in [0.4, 0.5) is 14.5 Å². The molecule has 1 amide bonds. The van der Waals surface area contributed by atoms with Crippen molar-refractivity contribution in [1.82, 2.24) is 9.80 Å². The van der Waals surface area contributed by atoms with Crippen molar-refractivity contribution in [3.63, 3.8) is 0 Å². The van der Waals surface area contributed by atoms with Crippen LogP contribution >= 0.6 is 11.6 Å². The Morgan fingerprint density at radius 3 is 2.53 bits per heavy atom. The summed E-state index contributed by atoms with van der Waals surface area (Å²) in [6.45, 7) is 5.90. The van der Waals surface area contributed by atoms with Gasteiger partial charge in [0.15, 0.2) is 0 Å². The summed E-state index contributed by atoms with van der Waals surface area (Å²) in [5.74, 6) is 1.12. The number of amides is 1. The minimum Gasteiger partial charge on any atom is -0.435 e. The third-order valence-electron chi connectivity index (χ3n) is 3.98. The van der Waals surface area contributed by atoms with Gasteiger partial charge in [-0.1, -0.05) is 37.5 Å². The number of ether oxygens (including phenoxy) is 1. The minimum atomic E-state index is -2.83. The van der Waals surface area contributed by atoms with Gasteiger partial charge in [-0.2, -0.15) is 8.78 Å². The van der Waals surface area contributed by atoms with E-state index in [0.717, 1.165) is 12.0 Å². The van der Waals surface area contributed by atoms with Gasteiger partial charge in [0, 0.05) is 45.4 Å². The number of allylic oxidation sites excluding steroid dienone is 3. The fourth-order valence-electron chi connectivity index (χ4n) is 2.28. The van der Waals surface area contributed by atoms with Gasteiger partial charge in [0.2, 0.25) is 6.41 Å². The van der Waals surface area contributed by atoms with Gasteiger partial charge in [0.1, 0.15) is 11.6 Å². The van der Waals surface area contributed by atoms with Crippen molar-refractivity contribution in [3.05, 3.63) is 73.1 Å². The Labute approximate surface area is 205 Å². The summed E-state index contributed by atoms with van der Waals surface area (Å²) < 4.78 is 28.2. The molecule has 0 radical (unpaired) electrons. The molecule has 2 N–H and O–H groups in total. The van der Waals surface area contributed by atoms with Gasteiger partial charge in [-0.3, -0.25) is 4.79 Å². The minimum absolute atomic E-state index is 0.0978. The summed E-state index contributed by atoms with van der Waals surface area (Å²) in [7, 11) is 3.55. The van der Waals surface area contributed by atoms with Crippen molar-refractivity contribution >= 4 is 30.0 Å². The largest absolute Gasteiger partial charge is 0.435 e. The molecular formula is C24H33ClF2N4O3. The lowest BCUT2D eigenvalue weighted by atomic mass is 10.2. The van der Waals surface area contributed by atoms with Crippen molar-refractivity contribution in [3.8, 4) is 5.75 Å². The highest BCUT2D eigenvalue weighted by atomic mass is 35.5. The molecule has 188 valence electrons. The number of likely N-dealkylation sites (N-methyl/N-ethyl adjacent to an activating group) is 1. The van der Waals surface area contributed by atoms with Crippen LogP contribution in [0.2, 0.25) is 0 Å². The van der Waals surface area contributed by atoms with Crippen molar-refractivity contribution in [2.24, 2.45) is 4.99 Å². The second-order valence-corrected chi connectivity index (χ2v) is 7.08. The highest BCUT2D eigenvalue weighted by Crippen LogP contribution is 2.17. The number of hydrogen-bond donors (Lipinski definition) is 2. The first-order valence-corrected chi connectivity index (χ1v) is 10.8. The van der Waals surface area contributed by atoms with Gasteiger partial charge in [-0.15, -0.1) is 11.6 Å². The third-order valence-corrected chi connectivity index (χ3v) is 4.16. The molecule has 1 aromatic carbocycles. The van der Waals surface area contributed by atoms with Crippen LogP contribution in [0.3, 0.4) is 0 Å². The summed E-state index contributed by atoms with van der Waals surface area (Å²) in [5.41, 5.74) is 1.69. The number of aliphatic imine (C=N–C) groups is 1. The molecule has 0 saturated carbocycles. The zero-order valence-electron chi connectivity index (χ0n) is 19.5. The number of aliphatic hydroxyl groups is 1. The molecule has 1 aromatic rings. The Morgan fingerprint density at radius 1 is 1.32 bits per heavy atom. The summed E-state index contributed by atoms with van der Waals surface area (Å²) in [5, 5.41) is 11.6. The van der Waals surface area contributed by atoms with Crippen LogP contribution in [0.15, 0.2) is 78.1 Å². The normalized spacial score (nSPS) is 11.2. The first kappa shape index (κ1) is 30.8. The molecule has 1 rings (SSSR count). The van der Waals surface area contributed by atoms with Crippen LogP contribution in [0.5, 0.6) is 5.75 Å². The zero-order chi connectivity index (χ0) is 25.8. The highest BCUT2D eigenvalue weighted by molar-refractivity contribution is 6.18. The predicted molar refractivity (Wildman–Crippen MR) is 135 cm³/mol. The lowest BCUT2D eigenvalue weighted by Crippen LogP contribution is -2.18. The molecule has 0 aliphatic carbocycles. The molecule has 0 aliphatic heterocycles. The molecule has 0 unspecified atom stereocenters. The fraction of sp³-hybridized carbons (Fsp3) is 0.333. The van der Waals surface area contributed by atoms with E-state index in [1.165, 1.54) is 18.5 Å². The third kappa shape index (κ3) is 15.6. The van der Waals surface area contributed by atoms with Crippen LogP contribution in [0.25, 0.3) is 0 Å². The van der Waals surface area contributed by atoms with E-state index in [-0.39, 0.29) is 12.4 Å². The average Bonchev–Trinajstić information content (AvgIpc) is 2.82. The van der Waals surface area contributed by atoms with E-state index >= 15 is 0 Å². The van der Waals surface area contributed by atoms with Gasteiger partial charge in [-0.25, -0.2) is 4.99 Å². The second kappa shape index (κ2) is 19.3. The summed E-state index contributed by atoms with van der Waals surface area (Å²) >= 11 is 5.49. The molecule has 7 nitrogen and oxygen atoms in total. The smallest absolute Gasteiger partial charge is 0.387 e. The fourth-order valence-corrected chi connectivity index (χ4v) is 2.37. The summed E-state index contributed by atoms with van der Waals surface area (Å²) in [4.78, 5) is 17.8. The molecule has 10 heteroatoms. The van der Waals surface area contributed by atoms with Gasteiger partial charge in [0.05, 0.1) is 6.34 Å². The Bertz CT molecular complexity index is 815. The molecule has 0 aromatic heterocycles. The van der Waals surface area contributed by atoms with Crippen LogP contribution < -0.4 is 10.1 Å². The van der Waals surface area contributed by atoms with E-state index in [2.05, 4.69) is 28.2 Å². The quantitative estimate of drug-likeness (QED) is 0.122. The lowest BCUT2D eigenvalue weighted by molar-refractivity contribution is -0.116. The second-order valence-electron chi connectivity index (χ2n) is 6.77. The van der Waals surface area contributed by atoms with Gasteiger partial charge < -0.3 is 25.0 Å². The Kier molecular flexibility index (Phi) is 17.5. The zero-order valence-corrected chi connectivity index (χ0v) is 20.3. The number of nitrogens with zero attached hydrogens (tertiary/aromatic N) is 3. The molecule has 0 heterocycles. The van der Waals surface area contributed by atoms with E-state index in [4.69, 9.17) is 16.7 Å². The highest BCUT2D eigenvalue weighted by Gasteiger charge is 2.03. The maximum absolute atomic E-state index is 12.0. The Balaban J connectivity index is 0.000000722. The predicted octanol–water partition coefficient (Wildman–Crippen LogP) is 4.50. The lowest BCUT2D eigenvalue weighted by Gasteiger charge is -2.17. The van der Waals surface area contributed by atoms with Crippen LogP contribution in [0, 0.1) is 0 Å². The van der Waals surface area contributed by atoms with Crippen molar-refractivity contribution in [2.75, 3.05) is 45.0 Å². The standard InChI is InChI=1S/C14H19F2N3O2.C10H14ClNO/c1-11(19(2)8-3-9-20)17-10-18-12-4-6-13(7-5-12)21-14(15)16;1-3-5-10(6-4-7-11)8-12(2)9-13/h4-7,10,14,20H,1,3,8-9H2,2H3,(H,17,18);3-6,9H,1,7-8H2,2H3/b;6-4-,10-5+. The number of carbonyl (C=O) groups excluding carboxylic acids is 1. The number of benzene rings is 1. The maximum atomic E-state index is 12.0. The van der Waals surface area contributed by atoms with E-state index in [9.17, 15) is 13.6 Å².